The van der Waals surface area contributed by atoms with Crippen molar-refractivity contribution in [2.45, 2.75) is 6.18 Å². The van der Waals surface area contributed by atoms with E-state index in [1.54, 1.807) is 0 Å². The molecule has 194 valence electrons. The number of ether oxygens (including phenoxy) is 1. The smallest absolute Gasteiger partial charge is 0.416 e. The van der Waals surface area contributed by atoms with Crippen molar-refractivity contribution in [2.24, 2.45) is 0 Å². The van der Waals surface area contributed by atoms with Crippen molar-refractivity contribution in [1.82, 2.24) is 0 Å². The molecular formula is C23H11BrF3N3O6S2. The summed E-state index contributed by atoms with van der Waals surface area (Å²) in [6.07, 6.45) is -3.40. The van der Waals surface area contributed by atoms with Crippen LogP contribution in [-0.4, -0.2) is 20.1 Å². The van der Waals surface area contributed by atoms with Gasteiger partial charge in [0.1, 0.15) is 5.75 Å². The molecule has 1 amide bonds. The minimum atomic E-state index is -4.79. The first-order valence-corrected chi connectivity index (χ1v) is 12.2. The third kappa shape index (κ3) is 5.69. The second kappa shape index (κ2) is 10.5. The van der Waals surface area contributed by atoms with Crippen molar-refractivity contribution in [3.63, 3.8) is 0 Å². The third-order valence-electron chi connectivity index (χ3n) is 5.05. The molecule has 0 unspecified atom stereocenters. The molecule has 0 N–H and O–H groups in total. The lowest BCUT2D eigenvalue weighted by molar-refractivity contribution is -0.385. The maximum atomic E-state index is 13.2. The molecule has 9 nitrogen and oxygen atoms in total. The monoisotopic (exact) mass is 625 g/mol. The molecule has 0 saturated carbocycles. The summed E-state index contributed by atoms with van der Waals surface area (Å²) in [7, 11) is 0. The van der Waals surface area contributed by atoms with E-state index in [1.165, 1.54) is 48.5 Å². The molecule has 0 bridgehead atoms. The van der Waals surface area contributed by atoms with Gasteiger partial charge in [0.25, 0.3) is 11.6 Å². The van der Waals surface area contributed by atoms with Gasteiger partial charge in [-0.3, -0.25) is 29.9 Å². The topological polar surface area (TPSA) is 116 Å². The number of carbonyl (C=O) groups is 1. The normalized spacial score (nSPS) is 14.7. The van der Waals surface area contributed by atoms with Gasteiger partial charge in [-0.1, -0.05) is 46.0 Å². The second-order valence-corrected chi connectivity index (χ2v) is 10.1. The zero-order valence-electron chi connectivity index (χ0n) is 18.5. The van der Waals surface area contributed by atoms with Crippen molar-refractivity contribution in [3.8, 4) is 11.5 Å². The molecule has 0 spiro atoms. The molecule has 0 aliphatic carbocycles. The van der Waals surface area contributed by atoms with Gasteiger partial charge in [0, 0.05) is 28.2 Å². The number of hydrogen-bond acceptors (Lipinski definition) is 8. The summed E-state index contributed by atoms with van der Waals surface area (Å²) in [5.41, 5.74) is -1.89. The number of halogens is 4. The Hall–Kier alpha value is -3.82. The second-order valence-electron chi connectivity index (χ2n) is 7.52. The third-order valence-corrected chi connectivity index (χ3v) is 6.85. The largest absolute Gasteiger partial charge is 0.449 e. The number of anilines is 1. The molecule has 1 aliphatic heterocycles. The Kier molecular flexibility index (Phi) is 7.53. The highest BCUT2D eigenvalue weighted by molar-refractivity contribution is 9.10. The van der Waals surface area contributed by atoms with E-state index in [2.05, 4.69) is 15.9 Å². The van der Waals surface area contributed by atoms with Gasteiger partial charge in [0.05, 0.1) is 26.0 Å². The quantitative estimate of drug-likeness (QED) is 0.120. The lowest BCUT2D eigenvalue weighted by Crippen LogP contribution is -2.27. The molecule has 1 heterocycles. The molecule has 0 radical (unpaired) electrons. The van der Waals surface area contributed by atoms with Crippen LogP contribution in [0.1, 0.15) is 11.1 Å². The Morgan fingerprint density at radius 1 is 1.00 bits per heavy atom. The van der Waals surface area contributed by atoms with Gasteiger partial charge >= 0.3 is 11.9 Å². The van der Waals surface area contributed by atoms with Crippen LogP contribution in [0.2, 0.25) is 0 Å². The highest BCUT2D eigenvalue weighted by Gasteiger charge is 2.35. The fourth-order valence-corrected chi connectivity index (χ4v) is 5.01. The Morgan fingerprint density at radius 2 is 1.71 bits per heavy atom. The van der Waals surface area contributed by atoms with Gasteiger partial charge in [-0.25, -0.2) is 0 Å². The predicted octanol–water partition coefficient (Wildman–Crippen LogP) is 7.48. The maximum absolute atomic E-state index is 13.2. The highest BCUT2D eigenvalue weighted by Crippen LogP contribution is 2.41. The van der Waals surface area contributed by atoms with Crippen LogP contribution in [0, 0.1) is 20.2 Å². The predicted molar refractivity (Wildman–Crippen MR) is 141 cm³/mol. The molecule has 0 aromatic heterocycles. The minimum Gasteiger partial charge on any atom is -0.449 e. The van der Waals surface area contributed by atoms with Crippen LogP contribution in [-0.2, 0) is 11.0 Å². The molecular weight excluding hydrogens is 615 g/mol. The SMILES string of the molecule is O=C1/C(=C/c2cc(Br)ccc2Oc2ccc(C(F)(F)F)cc2[N+](=O)[O-])SC(=S)N1c1cccc([N+](=O)[O-])c1. The van der Waals surface area contributed by atoms with E-state index < -0.39 is 38.9 Å². The Balaban J connectivity index is 1.71. The molecule has 4 rings (SSSR count). The first-order valence-electron chi connectivity index (χ1n) is 10.2. The minimum absolute atomic E-state index is 0.0108. The summed E-state index contributed by atoms with van der Waals surface area (Å²) in [4.78, 5) is 35.4. The van der Waals surface area contributed by atoms with Gasteiger partial charge in [-0.05, 0) is 42.5 Å². The number of non-ortho nitro benzene ring substituents is 1. The molecule has 1 fully saturated rings. The standard InChI is InChI=1S/C23H11BrF3N3O6S2/c24-14-5-7-18(36-19-6-4-13(23(25,26)27)10-17(19)30(34)35)12(8-14)9-20-21(31)28(22(37)38-20)15-2-1-3-16(11-15)29(32)33/h1-11H/b20-9-. The van der Waals surface area contributed by atoms with E-state index in [0.29, 0.717) is 16.6 Å². The first-order chi connectivity index (χ1) is 17.8. The molecule has 3 aromatic rings. The molecule has 38 heavy (non-hydrogen) atoms. The van der Waals surface area contributed by atoms with Crippen LogP contribution in [0.5, 0.6) is 11.5 Å². The van der Waals surface area contributed by atoms with Crippen LogP contribution in [0.25, 0.3) is 6.08 Å². The maximum Gasteiger partial charge on any atom is 0.416 e. The van der Waals surface area contributed by atoms with Gasteiger partial charge in [0.15, 0.2) is 4.32 Å². The van der Waals surface area contributed by atoms with Crippen molar-refractivity contribution in [1.29, 1.82) is 0 Å². The van der Waals surface area contributed by atoms with E-state index >= 15 is 0 Å². The molecule has 15 heteroatoms. The van der Waals surface area contributed by atoms with E-state index in [1.807, 2.05) is 0 Å². The summed E-state index contributed by atoms with van der Waals surface area (Å²) in [5, 5.41) is 22.6. The number of thioether (sulfide) groups is 1. The molecule has 1 aliphatic rings. The van der Waals surface area contributed by atoms with Crippen LogP contribution in [0.3, 0.4) is 0 Å². The fourth-order valence-electron chi connectivity index (χ4n) is 3.34. The van der Waals surface area contributed by atoms with Crippen LogP contribution >= 0.6 is 39.9 Å². The summed E-state index contributed by atoms with van der Waals surface area (Å²) in [5.74, 6) is -1.01. The number of nitrogens with zero attached hydrogens (tertiary/aromatic N) is 3. The Labute approximate surface area is 229 Å². The average Bonchev–Trinajstić information content (AvgIpc) is 3.12. The van der Waals surface area contributed by atoms with Crippen LogP contribution in [0.4, 0.5) is 30.2 Å². The lowest BCUT2D eigenvalue weighted by Gasteiger charge is -2.14. The van der Waals surface area contributed by atoms with Crippen LogP contribution in [0.15, 0.2) is 70.0 Å². The number of benzene rings is 3. The number of nitro benzene ring substituents is 2. The fraction of sp³-hybridized carbons (Fsp3) is 0.0435. The number of hydrogen-bond donors (Lipinski definition) is 0. The van der Waals surface area contributed by atoms with Crippen molar-refractivity contribution >= 4 is 73.3 Å². The number of alkyl halides is 3. The van der Waals surface area contributed by atoms with E-state index in [9.17, 15) is 38.2 Å². The zero-order chi connectivity index (χ0) is 27.8. The van der Waals surface area contributed by atoms with Gasteiger partial charge in [-0.2, -0.15) is 13.2 Å². The highest BCUT2D eigenvalue weighted by atomic mass is 79.9. The Morgan fingerprint density at radius 3 is 2.37 bits per heavy atom. The van der Waals surface area contributed by atoms with Crippen LogP contribution < -0.4 is 9.64 Å². The van der Waals surface area contributed by atoms with E-state index in [-0.39, 0.29) is 31.9 Å². The Bertz CT molecular complexity index is 1550. The van der Waals surface area contributed by atoms with Crippen molar-refractivity contribution in [2.75, 3.05) is 4.90 Å². The van der Waals surface area contributed by atoms with E-state index in [4.69, 9.17) is 17.0 Å². The lowest BCUT2D eigenvalue weighted by atomic mass is 10.1. The van der Waals surface area contributed by atoms with E-state index in [0.717, 1.165) is 22.7 Å². The number of amides is 1. The summed E-state index contributed by atoms with van der Waals surface area (Å²) < 4.78 is 45.4. The number of carbonyl (C=O) groups excluding carboxylic acids is 1. The first kappa shape index (κ1) is 27.2. The zero-order valence-corrected chi connectivity index (χ0v) is 21.7. The van der Waals surface area contributed by atoms with Gasteiger partial charge < -0.3 is 4.74 Å². The number of rotatable bonds is 6. The van der Waals surface area contributed by atoms with Crippen molar-refractivity contribution < 1.29 is 32.5 Å². The van der Waals surface area contributed by atoms with Crippen molar-refractivity contribution in [3.05, 3.63) is 101 Å². The summed E-state index contributed by atoms with van der Waals surface area (Å²) in [6, 6.07) is 11.7. The van der Waals surface area contributed by atoms with Gasteiger partial charge in [0.2, 0.25) is 5.75 Å². The number of thiocarbonyl (C=S) groups is 1. The molecule has 0 atom stereocenters. The molecule has 1 saturated heterocycles. The molecule has 3 aromatic carbocycles. The number of nitro groups is 2. The average molecular weight is 626 g/mol. The van der Waals surface area contributed by atoms with Gasteiger partial charge in [-0.15, -0.1) is 0 Å². The summed E-state index contributed by atoms with van der Waals surface area (Å²) in [6.45, 7) is 0. The summed E-state index contributed by atoms with van der Waals surface area (Å²) >= 11 is 9.51.